The van der Waals surface area contributed by atoms with Crippen LogP contribution in [-0.2, 0) is 6.54 Å². The highest BCUT2D eigenvalue weighted by Gasteiger charge is 2.16. The SMILES string of the molecule is CCN1CCN(Cc2ccc(C(=O)Nc3cc(N(CC)c4ccc5c(ccn5C(=O)NC)c4)ccn3)cc2)CC1. The number of likely N-dealkylation sites (N-methyl/N-ethyl adjacent to an activating group) is 1. The molecule has 0 radical (unpaired) electrons. The molecule has 1 aliphatic rings. The van der Waals surface area contributed by atoms with Crippen molar-refractivity contribution in [3.05, 3.63) is 84.2 Å². The maximum atomic E-state index is 13.0. The first-order valence-corrected chi connectivity index (χ1v) is 13.9. The maximum absolute atomic E-state index is 13.0. The van der Waals surface area contributed by atoms with Gasteiger partial charge in [-0.3, -0.25) is 14.3 Å². The molecule has 2 aromatic carbocycles. The van der Waals surface area contributed by atoms with E-state index in [4.69, 9.17) is 0 Å². The zero-order valence-electron chi connectivity index (χ0n) is 23.4. The van der Waals surface area contributed by atoms with Crippen LogP contribution in [0.2, 0.25) is 0 Å². The summed E-state index contributed by atoms with van der Waals surface area (Å²) in [6.07, 6.45) is 3.47. The van der Waals surface area contributed by atoms with Gasteiger partial charge in [0.15, 0.2) is 0 Å². The highest BCUT2D eigenvalue weighted by Crippen LogP contribution is 2.30. The molecule has 9 nitrogen and oxygen atoms in total. The quantitative estimate of drug-likeness (QED) is 0.336. The first-order valence-electron chi connectivity index (χ1n) is 13.9. The first-order chi connectivity index (χ1) is 19.5. The lowest BCUT2D eigenvalue weighted by atomic mass is 10.1. The van der Waals surface area contributed by atoms with E-state index in [2.05, 4.69) is 50.2 Å². The molecule has 0 spiro atoms. The average Bonchev–Trinajstić information content (AvgIpc) is 3.41. The number of hydrogen-bond donors (Lipinski definition) is 2. The van der Waals surface area contributed by atoms with Gasteiger partial charge in [0.1, 0.15) is 5.82 Å². The van der Waals surface area contributed by atoms with Crippen LogP contribution in [-0.4, -0.2) is 77.6 Å². The zero-order valence-corrected chi connectivity index (χ0v) is 23.4. The van der Waals surface area contributed by atoms with Crippen LogP contribution in [0.15, 0.2) is 73.1 Å². The molecule has 0 unspecified atom stereocenters. The van der Waals surface area contributed by atoms with Crippen LogP contribution >= 0.6 is 0 Å². The number of benzene rings is 2. The van der Waals surface area contributed by atoms with Gasteiger partial charge in [-0.1, -0.05) is 19.1 Å². The number of piperazine rings is 1. The minimum Gasteiger partial charge on any atom is -0.342 e. The van der Waals surface area contributed by atoms with E-state index in [0.717, 1.165) is 61.5 Å². The molecule has 0 bridgehead atoms. The van der Waals surface area contributed by atoms with Crippen LogP contribution in [0.25, 0.3) is 10.9 Å². The van der Waals surface area contributed by atoms with Gasteiger partial charge in [0.25, 0.3) is 5.91 Å². The molecule has 0 atom stereocenters. The van der Waals surface area contributed by atoms with Crippen LogP contribution in [0.4, 0.5) is 22.0 Å². The molecular weight excluding hydrogens is 502 g/mol. The van der Waals surface area contributed by atoms with Crippen LogP contribution in [0, 0.1) is 0 Å². The fraction of sp³-hybridized carbons (Fsp3) is 0.323. The fourth-order valence-corrected chi connectivity index (χ4v) is 5.24. The van der Waals surface area contributed by atoms with Gasteiger partial charge in [-0.2, -0.15) is 0 Å². The number of fused-ring (bicyclic) bond motifs is 1. The second kappa shape index (κ2) is 12.3. The Balaban J connectivity index is 1.25. The Morgan fingerprint density at radius 3 is 2.33 bits per heavy atom. The van der Waals surface area contributed by atoms with E-state index < -0.39 is 0 Å². The molecule has 40 heavy (non-hydrogen) atoms. The summed E-state index contributed by atoms with van der Waals surface area (Å²) < 4.78 is 1.59. The van der Waals surface area contributed by atoms with Gasteiger partial charge in [0, 0.05) is 87.1 Å². The lowest BCUT2D eigenvalue weighted by Crippen LogP contribution is -2.45. The molecule has 0 aliphatic carbocycles. The average molecular weight is 540 g/mol. The van der Waals surface area contributed by atoms with E-state index in [-0.39, 0.29) is 11.9 Å². The summed E-state index contributed by atoms with van der Waals surface area (Å²) in [5.74, 6) is 0.304. The van der Waals surface area contributed by atoms with Crippen molar-refractivity contribution < 1.29 is 9.59 Å². The molecule has 1 fully saturated rings. The molecule has 1 saturated heterocycles. The standard InChI is InChI=1S/C31H37N7O2/c1-4-35-16-18-36(19-17-35)22-23-6-8-24(9-7-23)30(39)34-29-21-27(12-14-33-29)37(5-2)26-10-11-28-25(20-26)13-15-38(28)31(40)32-3/h6-15,20-21H,4-5,16-19,22H2,1-3H3,(H,32,40)(H,33,34,39). The Kier molecular flexibility index (Phi) is 8.42. The second-order valence-electron chi connectivity index (χ2n) is 9.99. The number of pyridine rings is 1. The Bertz CT molecular complexity index is 1470. The predicted octanol–water partition coefficient (Wildman–Crippen LogP) is 4.77. The smallest absolute Gasteiger partial charge is 0.325 e. The highest BCUT2D eigenvalue weighted by atomic mass is 16.2. The summed E-state index contributed by atoms with van der Waals surface area (Å²) in [5, 5.41) is 6.58. The summed E-state index contributed by atoms with van der Waals surface area (Å²) >= 11 is 0. The number of carbonyl (C=O) groups is 2. The van der Waals surface area contributed by atoms with Gasteiger partial charge in [-0.25, -0.2) is 9.78 Å². The molecule has 2 amide bonds. The number of amides is 2. The second-order valence-corrected chi connectivity index (χ2v) is 9.99. The molecule has 2 aromatic heterocycles. The van der Waals surface area contributed by atoms with E-state index in [9.17, 15) is 9.59 Å². The Labute approximate surface area is 235 Å². The first kappa shape index (κ1) is 27.4. The zero-order chi connectivity index (χ0) is 28.1. The van der Waals surface area contributed by atoms with Crippen molar-refractivity contribution in [3.63, 3.8) is 0 Å². The van der Waals surface area contributed by atoms with Crippen molar-refractivity contribution in [1.82, 2.24) is 24.7 Å². The van der Waals surface area contributed by atoms with Crippen molar-refractivity contribution in [1.29, 1.82) is 0 Å². The minimum absolute atomic E-state index is 0.176. The van der Waals surface area contributed by atoms with E-state index in [1.807, 2.05) is 54.6 Å². The van der Waals surface area contributed by atoms with Gasteiger partial charge in [0.05, 0.1) is 5.52 Å². The Hall–Kier alpha value is -4.21. The number of anilines is 3. The summed E-state index contributed by atoms with van der Waals surface area (Å²) in [7, 11) is 1.62. The van der Waals surface area contributed by atoms with Crippen molar-refractivity contribution >= 4 is 40.0 Å². The normalized spacial score (nSPS) is 14.3. The number of hydrogen-bond acceptors (Lipinski definition) is 6. The van der Waals surface area contributed by atoms with E-state index >= 15 is 0 Å². The third-order valence-electron chi connectivity index (χ3n) is 7.57. The van der Waals surface area contributed by atoms with Crippen LogP contribution in [0.3, 0.4) is 0 Å². The number of rotatable bonds is 8. The third kappa shape index (κ3) is 6.00. The van der Waals surface area contributed by atoms with Crippen molar-refractivity contribution in [2.24, 2.45) is 0 Å². The van der Waals surface area contributed by atoms with Crippen molar-refractivity contribution in [2.75, 3.05) is 56.5 Å². The molecule has 2 N–H and O–H groups in total. The third-order valence-corrected chi connectivity index (χ3v) is 7.57. The largest absolute Gasteiger partial charge is 0.342 e. The molecule has 5 rings (SSSR count). The van der Waals surface area contributed by atoms with Gasteiger partial charge in [-0.15, -0.1) is 0 Å². The number of carbonyl (C=O) groups excluding carboxylic acids is 2. The van der Waals surface area contributed by atoms with E-state index in [0.29, 0.717) is 17.9 Å². The van der Waals surface area contributed by atoms with Crippen molar-refractivity contribution in [3.8, 4) is 0 Å². The fourth-order valence-electron chi connectivity index (χ4n) is 5.24. The van der Waals surface area contributed by atoms with Gasteiger partial charge >= 0.3 is 6.03 Å². The highest BCUT2D eigenvalue weighted by molar-refractivity contribution is 6.04. The van der Waals surface area contributed by atoms with E-state index in [1.165, 1.54) is 5.56 Å². The molecular formula is C31H37N7O2. The summed E-state index contributed by atoms with van der Waals surface area (Å²) in [6, 6.07) is 19.4. The lowest BCUT2D eigenvalue weighted by Gasteiger charge is -2.34. The molecule has 1 aliphatic heterocycles. The van der Waals surface area contributed by atoms with Gasteiger partial charge < -0.3 is 20.4 Å². The molecule has 9 heteroatoms. The van der Waals surface area contributed by atoms with Gasteiger partial charge in [-0.05, 0) is 61.5 Å². The topological polar surface area (TPSA) is 85.7 Å². The molecule has 3 heterocycles. The number of nitrogens with zero attached hydrogens (tertiary/aromatic N) is 5. The monoisotopic (exact) mass is 539 g/mol. The van der Waals surface area contributed by atoms with E-state index in [1.54, 1.807) is 24.0 Å². The molecule has 4 aromatic rings. The predicted molar refractivity (Wildman–Crippen MR) is 160 cm³/mol. The Morgan fingerprint density at radius 2 is 1.62 bits per heavy atom. The summed E-state index contributed by atoms with van der Waals surface area (Å²) in [4.78, 5) is 36.6. The molecule has 208 valence electrons. The van der Waals surface area contributed by atoms with Gasteiger partial charge in [0.2, 0.25) is 0 Å². The van der Waals surface area contributed by atoms with Crippen molar-refractivity contribution in [2.45, 2.75) is 20.4 Å². The minimum atomic E-state index is -0.187. The summed E-state index contributed by atoms with van der Waals surface area (Å²) in [5.41, 5.74) is 4.55. The maximum Gasteiger partial charge on any atom is 0.325 e. The lowest BCUT2D eigenvalue weighted by molar-refractivity contribution is 0.102. The molecule has 0 saturated carbocycles. The summed E-state index contributed by atoms with van der Waals surface area (Å²) in [6.45, 7) is 11.4. The Morgan fingerprint density at radius 1 is 0.900 bits per heavy atom. The van der Waals surface area contributed by atoms with Crippen LogP contribution < -0.4 is 15.5 Å². The van der Waals surface area contributed by atoms with Crippen LogP contribution in [0.1, 0.15) is 29.8 Å². The number of nitrogens with one attached hydrogen (secondary N) is 2. The number of aromatic nitrogens is 2. The van der Waals surface area contributed by atoms with Crippen LogP contribution in [0.5, 0.6) is 0 Å².